The molecular formula is C14H23NO3. The number of ether oxygens (including phenoxy) is 2. The molecule has 0 bridgehead atoms. The Balaban J connectivity index is 3.32. The first-order valence-electron chi connectivity index (χ1n) is 5.95. The molecule has 0 aliphatic rings. The molecule has 0 saturated heterocycles. The van der Waals surface area contributed by atoms with Gasteiger partial charge in [-0.15, -0.1) is 0 Å². The molecule has 0 radical (unpaired) electrons. The number of hydrogen-bond acceptors (Lipinski definition) is 4. The van der Waals surface area contributed by atoms with Gasteiger partial charge < -0.3 is 20.3 Å². The van der Waals surface area contributed by atoms with Gasteiger partial charge in [0.25, 0.3) is 0 Å². The third-order valence-corrected chi connectivity index (χ3v) is 3.40. The van der Waals surface area contributed by atoms with Gasteiger partial charge in [0.05, 0.1) is 14.2 Å². The van der Waals surface area contributed by atoms with E-state index in [9.17, 15) is 5.11 Å². The van der Waals surface area contributed by atoms with E-state index in [2.05, 4.69) is 0 Å². The first-order valence-corrected chi connectivity index (χ1v) is 5.95. The van der Waals surface area contributed by atoms with Gasteiger partial charge in [0, 0.05) is 6.54 Å². The molecule has 0 aromatic heterocycles. The molecule has 0 amide bonds. The molecule has 0 aliphatic carbocycles. The number of methoxy groups -OCH3 is 2. The molecular weight excluding hydrogens is 230 g/mol. The normalized spacial score (nSPS) is 15.1. The van der Waals surface area contributed by atoms with Crippen LogP contribution in [0.25, 0.3) is 0 Å². The Morgan fingerprint density at radius 2 is 1.67 bits per heavy atom. The zero-order chi connectivity index (χ0) is 14.0. The SMILES string of the molecule is COc1ccc(C(O)(CN)C(C)(C)C)cc1OC. The predicted molar refractivity (Wildman–Crippen MR) is 72.0 cm³/mol. The monoisotopic (exact) mass is 253 g/mol. The summed E-state index contributed by atoms with van der Waals surface area (Å²) in [6.07, 6.45) is 0. The Hall–Kier alpha value is -1.26. The van der Waals surface area contributed by atoms with Crippen molar-refractivity contribution in [3.05, 3.63) is 23.8 Å². The van der Waals surface area contributed by atoms with E-state index in [1.807, 2.05) is 26.8 Å². The summed E-state index contributed by atoms with van der Waals surface area (Å²) in [5.74, 6) is 1.22. The highest BCUT2D eigenvalue weighted by Gasteiger charge is 2.40. The van der Waals surface area contributed by atoms with Crippen molar-refractivity contribution in [3.63, 3.8) is 0 Å². The Kier molecular flexibility index (Phi) is 4.24. The first-order chi connectivity index (χ1) is 8.30. The minimum Gasteiger partial charge on any atom is -0.493 e. The van der Waals surface area contributed by atoms with Crippen LogP contribution in [-0.4, -0.2) is 25.9 Å². The molecule has 18 heavy (non-hydrogen) atoms. The van der Waals surface area contributed by atoms with Gasteiger partial charge in [0.15, 0.2) is 11.5 Å². The van der Waals surface area contributed by atoms with Crippen LogP contribution in [0.2, 0.25) is 0 Å². The van der Waals surface area contributed by atoms with Crippen molar-refractivity contribution in [1.82, 2.24) is 0 Å². The molecule has 1 unspecified atom stereocenters. The highest BCUT2D eigenvalue weighted by molar-refractivity contribution is 5.45. The quantitative estimate of drug-likeness (QED) is 0.860. The van der Waals surface area contributed by atoms with Crippen molar-refractivity contribution in [3.8, 4) is 11.5 Å². The van der Waals surface area contributed by atoms with Crippen LogP contribution in [0.1, 0.15) is 26.3 Å². The Bertz CT molecular complexity index is 412. The van der Waals surface area contributed by atoms with Gasteiger partial charge >= 0.3 is 0 Å². The smallest absolute Gasteiger partial charge is 0.161 e. The van der Waals surface area contributed by atoms with Crippen LogP contribution in [-0.2, 0) is 5.60 Å². The van der Waals surface area contributed by atoms with Gasteiger partial charge in [-0.1, -0.05) is 26.8 Å². The first kappa shape index (κ1) is 14.8. The van der Waals surface area contributed by atoms with Crippen LogP contribution in [0.4, 0.5) is 0 Å². The third-order valence-electron chi connectivity index (χ3n) is 3.40. The van der Waals surface area contributed by atoms with Crippen LogP contribution in [0.15, 0.2) is 18.2 Å². The van der Waals surface area contributed by atoms with E-state index in [1.165, 1.54) is 0 Å². The minimum absolute atomic E-state index is 0.145. The second kappa shape index (κ2) is 5.16. The fraction of sp³-hybridized carbons (Fsp3) is 0.571. The summed E-state index contributed by atoms with van der Waals surface area (Å²) in [7, 11) is 3.15. The maximum atomic E-state index is 10.8. The number of aliphatic hydroxyl groups is 1. The highest BCUT2D eigenvalue weighted by atomic mass is 16.5. The van der Waals surface area contributed by atoms with Gasteiger partial charge in [0.2, 0.25) is 0 Å². The lowest BCUT2D eigenvalue weighted by Gasteiger charge is -2.40. The van der Waals surface area contributed by atoms with Gasteiger partial charge in [-0.25, -0.2) is 0 Å². The molecule has 0 heterocycles. The zero-order valence-electron chi connectivity index (χ0n) is 11.8. The average molecular weight is 253 g/mol. The molecule has 1 aromatic carbocycles. The average Bonchev–Trinajstić information content (AvgIpc) is 2.35. The van der Waals surface area contributed by atoms with Crippen molar-refractivity contribution in [2.45, 2.75) is 26.4 Å². The van der Waals surface area contributed by atoms with Gasteiger partial charge in [-0.05, 0) is 23.1 Å². The summed E-state index contributed by atoms with van der Waals surface area (Å²) < 4.78 is 10.4. The summed E-state index contributed by atoms with van der Waals surface area (Å²) in [5.41, 5.74) is 5.02. The number of hydrogen-bond donors (Lipinski definition) is 2. The standard InChI is InChI=1S/C14H23NO3/c1-13(2,3)14(16,9-15)10-6-7-11(17-4)12(8-10)18-5/h6-8,16H,9,15H2,1-5H3. The molecule has 1 atom stereocenters. The van der Waals surface area contributed by atoms with Gasteiger partial charge in [0.1, 0.15) is 5.60 Å². The van der Waals surface area contributed by atoms with Crippen molar-refractivity contribution >= 4 is 0 Å². The predicted octanol–water partition coefficient (Wildman–Crippen LogP) is 1.90. The molecule has 4 nitrogen and oxygen atoms in total. The van der Waals surface area contributed by atoms with Crippen LogP contribution >= 0.6 is 0 Å². The summed E-state index contributed by atoms with van der Waals surface area (Å²) in [6, 6.07) is 5.37. The van der Waals surface area contributed by atoms with Crippen LogP contribution in [0, 0.1) is 5.41 Å². The zero-order valence-corrected chi connectivity index (χ0v) is 11.8. The highest BCUT2D eigenvalue weighted by Crippen LogP contribution is 2.41. The van der Waals surface area contributed by atoms with E-state index < -0.39 is 5.60 Å². The summed E-state index contributed by atoms with van der Waals surface area (Å²) in [6.45, 7) is 6.01. The molecule has 1 rings (SSSR count). The third kappa shape index (κ3) is 2.44. The fourth-order valence-corrected chi connectivity index (χ4v) is 1.95. The van der Waals surface area contributed by atoms with Crippen LogP contribution in [0.5, 0.6) is 11.5 Å². The lowest BCUT2D eigenvalue weighted by atomic mass is 9.72. The Morgan fingerprint density at radius 1 is 1.11 bits per heavy atom. The fourth-order valence-electron chi connectivity index (χ4n) is 1.95. The van der Waals surface area contributed by atoms with E-state index in [0.717, 1.165) is 5.56 Å². The summed E-state index contributed by atoms with van der Waals surface area (Å²) >= 11 is 0. The Morgan fingerprint density at radius 3 is 2.06 bits per heavy atom. The van der Waals surface area contributed by atoms with E-state index >= 15 is 0 Å². The van der Waals surface area contributed by atoms with Gasteiger partial charge in [-0.2, -0.15) is 0 Å². The van der Waals surface area contributed by atoms with E-state index in [-0.39, 0.29) is 12.0 Å². The molecule has 0 aliphatic heterocycles. The van der Waals surface area contributed by atoms with Crippen LogP contribution < -0.4 is 15.2 Å². The van der Waals surface area contributed by atoms with Crippen molar-refractivity contribution in [2.75, 3.05) is 20.8 Å². The van der Waals surface area contributed by atoms with E-state index in [0.29, 0.717) is 11.5 Å². The number of benzene rings is 1. The second-order valence-electron chi connectivity index (χ2n) is 5.38. The second-order valence-corrected chi connectivity index (χ2v) is 5.38. The molecule has 0 saturated carbocycles. The molecule has 0 fully saturated rings. The molecule has 0 spiro atoms. The topological polar surface area (TPSA) is 64.7 Å². The molecule has 102 valence electrons. The van der Waals surface area contributed by atoms with Crippen molar-refractivity contribution < 1.29 is 14.6 Å². The molecule has 1 aromatic rings. The van der Waals surface area contributed by atoms with Crippen molar-refractivity contribution in [1.29, 1.82) is 0 Å². The van der Waals surface area contributed by atoms with Gasteiger partial charge in [-0.3, -0.25) is 0 Å². The van der Waals surface area contributed by atoms with E-state index in [4.69, 9.17) is 15.2 Å². The lowest BCUT2D eigenvalue weighted by molar-refractivity contribution is -0.0558. The van der Waals surface area contributed by atoms with Crippen molar-refractivity contribution in [2.24, 2.45) is 11.1 Å². The largest absolute Gasteiger partial charge is 0.493 e. The Labute approximate surface area is 109 Å². The maximum Gasteiger partial charge on any atom is 0.161 e. The summed E-state index contributed by atoms with van der Waals surface area (Å²) in [4.78, 5) is 0. The molecule has 4 heteroatoms. The minimum atomic E-state index is -1.10. The lowest BCUT2D eigenvalue weighted by Crippen LogP contribution is -2.46. The van der Waals surface area contributed by atoms with E-state index in [1.54, 1.807) is 26.4 Å². The molecule has 3 N–H and O–H groups in total. The number of nitrogens with two attached hydrogens (primary N) is 1. The van der Waals surface area contributed by atoms with Crippen LogP contribution in [0.3, 0.4) is 0 Å². The summed E-state index contributed by atoms with van der Waals surface area (Å²) in [5, 5.41) is 10.8. The maximum absolute atomic E-state index is 10.8. The number of rotatable bonds is 4.